The number of anilines is 1. The van der Waals surface area contributed by atoms with Crippen molar-refractivity contribution in [1.29, 1.82) is 0 Å². The maximum absolute atomic E-state index is 13.7. The number of nitrogens with zero attached hydrogens (tertiary/aromatic N) is 5. The van der Waals surface area contributed by atoms with Gasteiger partial charge in [-0.3, -0.25) is 19.6 Å². The van der Waals surface area contributed by atoms with Crippen LogP contribution in [0, 0.1) is 0 Å². The average Bonchev–Trinajstić information content (AvgIpc) is 3.74. The molecule has 3 atom stereocenters. The fourth-order valence-electron chi connectivity index (χ4n) is 6.52. The van der Waals surface area contributed by atoms with Crippen molar-refractivity contribution in [2.24, 2.45) is 4.99 Å². The fourth-order valence-corrected chi connectivity index (χ4v) is 7.35. The van der Waals surface area contributed by atoms with Gasteiger partial charge < -0.3 is 24.8 Å². The first-order valence-electron chi connectivity index (χ1n) is 15.5. The summed E-state index contributed by atoms with van der Waals surface area (Å²) in [5, 5.41) is 16.1. The summed E-state index contributed by atoms with van der Waals surface area (Å²) in [5.41, 5.74) is 1.91. The molecule has 2 fully saturated rings. The topological polar surface area (TPSA) is 137 Å². The maximum atomic E-state index is 13.7. The second-order valence-corrected chi connectivity index (χ2v) is 13.7. The van der Waals surface area contributed by atoms with Crippen LogP contribution in [0.1, 0.15) is 36.0 Å². The molecule has 0 saturated carbocycles. The highest BCUT2D eigenvalue weighted by molar-refractivity contribution is 7.11. The van der Waals surface area contributed by atoms with Gasteiger partial charge in [0, 0.05) is 66.8 Å². The molecule has 0 bridgehead atoms. The minimum Gasteiger partial charge on any atom is -0.481 e. The van der Waals surface area contributed by atoms with Gasteiger partial charge in [-0.1, -0.05) is 41.9 Å². The molecule has 0 spiro atoms. The third-order valence-electron chi connectivity index (χ3n) is 9.29. The molecule has 0 radical (unpaired) electrons. The van der Waals surface area contributed by atoms with Crippen LogP contribution in [0.4, 0.5) is 10.5 Å². The highest BCUT2D eigenvalue weighted by atomic mass is 35.5. The number of hydrogen-bond acceptors (Lipinski definition) is 10. The lowest BCUT2D eigenvalue weighted by molar-refractivity contribution is -0.142. The van der Waals surface area contributed by atoms with Gasteiger partial charge in [-0.05, 0) is 37.6 Å². The Morgan fingerprint density at radius 1 is 1.12 bits per heavy atom. The van der Waals surface area contributed by atoms with E-state index in [4.69, 9.17) is 26.1 Å². The molecule has 0 unspecified atom stereocenters. The highest BCUT2D eigenvalue weighted by Gasteiger charge is 2.47. The summed E-state index contributed by atoms with van der Waals surface area (Å²) < 4.78 is 11.0. The molecular weight excluding hydrogens is 656 g/mol. The van der Waals surface area contributed by atoms with Gasteiger partial charge >= 0.3 is 18.0 Å². The molecule has 2 N–H and O–H groups in total. The standard InChI is InChI=1S/C34H37ClN6O6S/c1-34(2,32(43)44)20-9-11-21(12-10-20)41-18-25-26(19-46-3)39(14-15-40(25)33(41)45)17-24-27(31(42)47-4)28(22-7-5-6-8-23(22)35)38-29(37-24)30-36-13-16-48-30/h5-13,16,25-26,28H,14-15,17-19H2,1-4H3,(H,37,38)(H,43,44)/t25-,26-,28+/m1/s1. The Labute approximate surface area is 287 Å². The monoisotopic (exact) mass is 692 g/mol. The summed E-state index contributed by atoms with van der Waals surface area (Å²) in [7, 11) is 2.98. The maximum Gasteiger partial charge on any atom is 0.338 e. The second-order valence-electron chi connectivity index (χ2n) is 12.4. The number of benzene rings is 2. The number of thiazole rings is 1. The van der Waals surface area contributed by atoms with E-state index in [2.05, 4.69) is 15.2 Å². The molecule has 48 heavy (non-hydrogen) atoms. The third kappa shape index (κ3) is 6.18. The number of aliphatic imine (C=N–C) groups is 1. The molecule has 4 heterocycles. The molecule has 0 aliphatic carbocycles. The number of carboxylic acids is 1. The number of esters is 1. The van der Waals surface area contributed by atoms with E-state index in [1.54, 1.807) is 62.4 Å². The Balaban J connectivity index is 1.32. The lowest BCUT2D eigenvalue weighted by Gasteiger charge is -2.44. The summed E-state index contributed by atoms with van der Waals surface area (Å²) in [4.78, 5) is 54.2. The summed E-state index contributed by atoms with van der Waals surface area (Å²) in [6, 6.07) is 13.1. The van der Waals surface area contributed by atoms with Crippen molar-refractivity contribution < 1.29 is 29.0 Å². The number of halogens is 1. The van der Waals surface area contributed by atoms with E-state index in [1.807, 2.05) is 28.5 Å². The number of carboxylic acid groups (broad SMARTS) is 1. The quantitative estimate of drug-likeness (QED) is 0.298. The van der Waals surface area contributed by atoms with Gasteiger partial charge in [-0.25, -0.2) is 14.6 Å². The van der Waals surface area contributed by atoms with Gasteiger partial charge in [0.15, 0.2) is 10.8 Å². The number of fused-ring (bicyclic) bond motifs is 1. The number of aromatic nitrogens is 1. The number of hydrogen-bond donors (Lipinski definition) is 2. The number of aliphatic carboxylic acids is 1. The van der Waals surface area contributed by atoms with E-state index >= 15 is 0 Å². The minimum absolute atomic E-state index is 0.117. The average molecular weight is 693 g/mol. The Morgan fingerprint density at radius 3 is 2.52 bits per heavy atom. The van der Waals surface area contributed by atoms with Crippen LogP contribution in [0.5, 0.6) is 0 Å². The van der Waals surface area contributed by atoms with Crippen molar-refractivity contribution in [3.63, 3.8) is 0 Å². The number of ether oxygens (including phenoxy) is 2. The zero-order valence-corrected chi connectivity index (χ0v) is 28.6. The molecular formula is C34H37ClN6O6S. The molecule has 1 aromatic heterocycles. The molecule has 2 amide bonds. The first-order chi connectivity index (χ1) is 23.0. The van der Waals surface area contributed by atoms with Crippen LogP contribution in [0.25, 0.3) is 0 Å². The van der Waals surface area contributed by atoms with Crippen LogP contribution < -0.4 is 10.2 Å². The number of amidine groups is 1. The van der Waals surface area contributed by atoms with Crippen LogP contribution in [0.3, 0.4) is 0 Å². The van der Waals surface area contributed by atoms with E-state index < -0.39 is 23.4 Å². The number of carbonyl (C=O) groups excluding carboxylic acids is 2. The lowest BCUT2D eigenvalue weighted by atomic mass is 9.85. The Kier molecular flexibility index (Phi) is 9.57. The molecule has 3 aliphatic heterocycles. The Morgan fingerprint density at radius 2 is 1.88 bits per heavy atom. The highest BCUT2D eigenvalue weighted by Crippen LogP contribution is 2.38. The fraction of sp³-hybridized carbons (Fsp3) is 0.382. The van der Waals surface area contributed by atoms with Crippen molar-refractivity contribution in [1.82, 2.24) is 20.1 Å². The number of amides is 2. The van der Waals surface area contributed by atoms with Crippen molar-refractivity contribution in [2.45, 2.75) is 37.4 Å². The number of urea groups is 1. The SMILES string of the molecule is COC[C@@H]1[C@H]2CN(c3ccc(C(C)(C)C(=O)O)cc3)C(=O)N2CCN1CC1=C(C(=O)OC)[C@H](c2ccccc2Cl)N=C(c2nccs2)N1. The molecule has 3 aliphatic rings. The smallest absolute Gasteiger partial charge is 0.338 e. The largest absolute Gasteiger partial charge is 0.481 e. The van der Waals surface area contributed by atoms with Gasteiger partial charge in [-0.2, -0.15) is 0 Å². The van der Waals surface area contributed by atoms with E-state index in [0.717, 1.165) is 0 Å². The van der Waals surface area contributed by atoms with Gasteiger partial charge in [0.2, 0.25) is 0 Å². The van der Waals surface area contributed by atoms with E-state index in [-0.39, 0.29) is 18.1 Å². The minimum atomic E-state index is -1.06. The van der Waals surface area contributed by atoms with Gasteiger partial charge in [0.05, 0.1) is 36.8 Å². The molecule has 14 heteroatoms. The Bertz CT molecular complexity index is 1760. The van der Waals surface area contributed by atoms with Crippen LogP contribution in [-0.4, -0.2) is 103 Å². The predicted molar refractivity (Wildman–Crippen MR) is 183 cm³/mol. The molecule has 252 valence electrons. The number of piperazine rings is 1. The number of nitrogens with one attached hydrogen (secondary N) is 1. The van der Waals surface area contributed by atoms with E-state index in [9.17, 15) is 19.5 Å². The van der Waals surface area contributed by atoms with Gasteiger partial charge in [0.25, 0.3) is 0 Å². The number of rotatable bonds is 10. The number of methoxy groups -OCH3 is 2. The van der Waals surface area contributed by atoms with Crippen LogP contribution >= 0.6 is 22.9 Å². The molecule has 2 saturated heterocycles. The normalized spacial score (nSPS) is 21.6. The first-order valence-corrected chi connectivity index (χ1v) is 16.8. The van der Waals surface area contributed by atoms with Crippen molar-refractivity contribution >= 4 is 52.4 Å². The lowest BCUT2D eigenvalue weighted by Crippen LogP contribution is -2.61. The van der Waals surface area contributed by atoms with Gasteiger partial charge in [-0.15, -0.1) is 11.3 Å². The summed E-state index contributed by atoms with van der Waals surface area (Å²) in [5.74, 6) is -0.924. The summed E-state index contributed by atoms with van der Waals surface area (Å²) >= 11 is 8.09. The van der Waals surface area contributed by atoms with Gasteiger partial charge in [0.1, 0.15) is 6.04 Å². The van der Waals surface area contributed by atoms with E-state index in [1.165, 1.54) is 18.4 Å². The van der Waals surface area contributed by atoms with Crippen LogP contribution in [-0.2, 0) is 24.5 Å². The molecule has 12 nitrogen and oxygen atoms in total. The summed E-state index contributed by atoms with van der Waals surface area (Å²) in [6.45, 7) is 5.37. The molecule has 6 rings (SSSR count). The Hall–Kier alpha value is -4.30. The summed E-state index contributed by atoms with van der Waals surface area (Å²) in [6.07, 6.45) is 1.70. The molecule has 3 aromatic rings. The first kappa shape index (κ1) is 33.6. The zero-order chi connectivity index (χ0) is 34.2. The van der Waals surface area contributed by atoms with Crippen LogP contribution in [0.2, 0.25) is 5.02 Å². The zero-order valence-electron chi connectivity index (χ0n) is 27.1. The van der Waals surface area contributed by atoms with Crippen LogP contribution in [0.15, 0.2) is 76.4 Å². The second kappa shape index (κ2) is 13.7. The van der Waals surface area contributed by atoms with Crippen molar-refractivity contribution in [3.05, 3.63) is 92.5 Å². The van der Waals surface area contributed by atoms with Crippen molar-refractivity contribution in [3.8, 4) is 0 Å². The number of carbonyl (C=O) groups is 3. The van der Waals surface area contributed by atoms with Crippen molar-refractivity contribution in [2.75, 3.05) is 51.9 Å². The van der Waals surface area contributed by atoms with E-state index in [0.29, 0.717) is 76.7 Å². The predicted octanol–water partition coefficient (Wildman–Crippen LogP) is 4.32. The third-order valence-corrected chi connectivity index (χ3v) is 10.4. The molecule has 2 aromatic carbocycles.